The van der Waals surface area contributed by atoms with Crippen molar-refractivity contribution in [3.8, 4) is 17.6 Å². The third-order valence-electron chi connectivity index (χ3n) is 6.81. The van der Waals surface area contributed by atoms with Crippen molar-refractivity contribution in [1.29, 1.82) is 5.26 Å². The summed E-state index contributed by atoms with van der Waals surface area (Å²) in [5.74, 6) is -0.834. The van der Waals surface area contributed by atoms with Gasteiger partial charge in [-0.15, -0.1) is 0 Å². The monoisotopic (exact) mass is 488 g/mol. The summed E-state index contributed by atoms with van der Waals surface area (Å²) in [6, 6.07) is 6.42. The maximum Gasteiger partial charge on any atom is 0.261 e. The number of nitriles is 1. The lowest BCUT2D eigenvalue weighted by molar-refractivity contribution is 0.0118. The lowest BCUT2D eigenvalue weighted by Gasteiger charge is -2.35. The van der Waals surface area contributed by atoms with Crippen LogP contribution in [0.4, 0.5) is 14.6 Å². The molecule has 2 aliphatic heterocycles. The summed E-state index contributed by atoms with van der Waals surface area (Å²) in [6.07, 6.45) is 2.52. The number of piperidine rings is 1. The van der Waals surface area contributed by atoms with Crippen molar-refractivity contribution in [2.75, 3.05) is 51.8 Å². The SMILES string of the molecule is COc1cc2c(NC3CCN(C(C)C)CC3)nc(C#N)nc2cc1OCCCN1CCC(F)(F)C1. The summed E-state index contributed by atoms with van der Waals surface area (Å²) >= 11 is 0. The molecule has 1 aromatic heterocycles. The van der Waals surface area contributed by atoms with Gasteiger partial charge in [0.15, 0.2) is 11.5 Å². The molecule has 2 saturated heterocycles. The zero-order valence-electron chi connectivity index (χ0n) is 20.7. The van der Waals surface area contributed by atoms with Crippen LogP contribution in [0.15, 0.2) is 12.1 Å². The van der Waals surface area contributed by atoms with Crippen LogP contribution < -0.4 is 14.8 Å². The minimum absolute atomic E-state index is 0.0828. The molecule has 0 aliphatic carbocycles. The Kier molecular flexibility index (Phi) is 7.87. The second-order valence-corrected chi connectivity index (χ2v) is 9.66. The number of ether oxygens (including phenoxy) is 2. The normalized spacial score (nSPS) is 19.2. The Morgan fingerprint density at radius 2 is 1.97 bits per heavy atom. The summed E-state index contributed by atoms with van der Waals surface area (Å²) in [5, 5.41) is 13.8. The van der Waals surface area contributed by atoms with Crippen LogP contribution in [0.2, 0.25) is 0 Å². The van der Waals surface area contributed by atoms with Crippen LogP contribution in [0.25, 0.3) is 10.9 Å². The molecule has 0 radical (unpaired) electrons. The molecule has 3 heterocycles. The van der Waals surface area contributed by atoms with Crippen molar-refractivity contribution in [3.05, 3.63) is 18.0 Å². The fraction of sp³-hybridized carbons (Fsp3) is 0.640. The predicted octanol–water partition coefficient (Wildman–Crippen LogP) is 3.90. The van der Waals surface area contributed by atoms with E-state index in [4.69, 9.17) is 9.47 Å². The van der Waals surface area contributed by atoms with Crippen molar-refractivity contribution in [3.63, 3.8) is 0 Å². The van der Waals surface area contributed by atoms with Crippen LogP contribution in [0.1, 0.15) is 45.4 Å². The first kappa shape index (κ1) is 25.3. The van der Waals surface area contributed by atoms with E-state index in [1.807, 2.05) is 12.1 Å². The largest absolute Gasteiger partial charge is 0.493 e. The Morgan fingerprint density at radius 1 is 1.20 bits per heavy atom. The van der Waals surface area contributed by atoms with Gasteiger partial charge in [0.25, 0.3) is 5.92 Å². The number of methoxy groups -OCH3 is 1. The highest BCUT2D eigenvalue weighted by molar-refractivity contribution is 5.92. The molecule has 4 rings (SSSR count). The molecule has 0 amide bonds. The van der Waals surface area contributed by atoms with E-state index in [-0.39, 0.29) is 24.8 Å². The first-order valence-electron chi connectivity index (χ1n) is 12.3. The van der Waals surface area contributed by atoms with Gasteiger partial charge < -0.3 is 19.7 Å². The van der Waals surface area contributed by atoms with Gasteiger partial charge in [0, 0.05) is 56.1 Å². The van der Waals surface area contributed by atoms with Gasteiger partial charge in [0.05, 0.1) is 25.8 Å². The molecule has 2 aromatic rings. The van der Waals surface area contributed by atoms with Gasteiger partial charge in [-0.25, -0.2) is 18.7 Å². The quantitative estimate of drug-likeness (QED) is 0.532. The molecule has 2 aliphatic rings. The fourth-order valence-corrected chi connectivity index (χ4v) is 4.79. The molecule has 0 bridgehead atoms. The van der Waals surface area contributed by atoms with E-state index >= 15 is 0 Å². The van der Waals surface area contributed by atoms with Crippen LogP contribution in [0.3, 0.4) is 0 Å². The number of nitrogens with one attached hydrogen (secondary N) is 1. The number of rotatable bonds is 9. The zero-order chi connectivity index (χ0) is 25.0. The minimum atomic E-state index is -2.59. The number of benzene rings is 1. The standard InChI is InChI=1S/C25H34F2N6O2/c1-17(2)33-9-5-18(6-10-33)29-24-19-13-21(34-3)22(14-20(19)30-23(15-28)31-24)35-12-4-8-32-11-7-25(26,27)16-32/h13-14,17-18H,4-12,16H2,1-3H3,(H,29,30,31). The van der Waals surface area contributed by atoms with Gasteiger partial charge in [-0.05, 0) is 39.2 Å². The third-order valence-corrected chi connectivity index (χ3v) is 6.81. The number of hydrogen-bond donors (Lipinski definition) is 1. The first-order chi connectivity index (χ1) is 16.8. The van der Waals surface area contributed by atoms with Gasteiger partial charge >= 0.3 is 0 Å². The lowest BCUT2D eigenvalue weighted by atomic mass is 10.0. The summed E-state index contributed by atoms with van der Waals surface area (Å²) < 4.78 is 38.3. The molecule has 35 heavy (non-hydrogen) atoms. The fourth-order valence-electron chi connectivity index (χ4n) is 4.79. The number of fused-ring (bicyclic) bond motifs is 1. The highest BCUT2D eigenvalue weighted by Crippen LogP contribution is 2.35. The molecule has 0 atom stereocenters. The second-order valence-electron chi connectivity index (χ2n) is 9.66. The van der Waals surface area contributed by atoms with Crippen molar-refractivity contribution in [2.24, 2.45) is 0 Å². The maximum absolute atomic E-state index is 13.4. The van der Waals surface area contributed by atoms with Crippen LogP contribution in [0, 0.1) is 11.3 Å². The van der Waals surface area contributed by atoms with E-state index in [1.165, 1.54) is 0 Å². The van der Waals surface area contributed by atoms with E-state index in [0.717, 1.165) is 31.3 Å². The number of aromatic nitrogens is 2. The topological polar surface area (TPSA) is 86.5 Å². The molecule has 1 aromatic carbocycles. The van der Waals surface area contributed by atoms with Gasteiger partial charge in [-0.1, -0.05) is 0 Å². The molecule has 0 unspecified atom stereocenters. The third kappa shape index (κ3) is 6.27. The van der Waals surface area contributed by atoms with Crippen LogP contribution in [0.5, 0.6) is 11.5 Å². The van der Waals surface area contributed by atoms with Crippen LogP contribution in [-0.4, -0.2) is 84.2 Å². The number of hydrogen-bond acceptors (Lipinski definition) is 8. The Balaban J connectivity index is 1.46. The first-order valence-corrected chi connectivity index (χ1v) is 12.3. The van der Waals surface area contributed by atoms with Crippen molar-refractivity contribution < 1.29 is 18.3 Å². The number of likely N-dealkylation sites (tertiary alicyclic amines) is 2. The van der Waals surface area contributed by atoms with Crippen molar-refractivity contribution >= 4 is 16.7 Å². The van der Waals surface area contributed by atoms with Crippen molar-refractivity contribution in [2.45, 2.75) is 57.5 Å². The maximum atomic E-state index is 13.4. The Morgan fingerprint density at radius 3 is 2.60 bits per heavy atom. The molecule has 10 heteroatoms. The highest BCUT2D eigenvalue weighted by atomic mass is 19.3. The van der Waals surface area contributed by atoms with Crippen LogP contribution in [-0.2, 0) is 0 Å². The molecule has 190 valence electrons. The molecular formula is C25H34F2N6O2. The summed E-state index contributed by atoms with van der Waals surface area (Å²) in [6.45, 7) is 7.58. The Hall–Kier alpha value is -2.77. The van der Waals surface area contributed by atoms with Gasteiger partial charge in [-0.3, -0.25) is 4.90 Å². The lowest BCUT2D eigenvalue weighted by Crippen LogP contribution is -2.42. The van der Waals surface area contributed by atoms with E-state index in [9.17, 15) is 14.0 Å². The molecule has 2 fully saturated rings. The highest BCUT2D eigenvalue weighted by Gasteiger charge is 2.37. The average molecular weight is 489 g/mol. The van der Waals surface area contributed by atoms with E-state index in [1.54, 1.807) is 18.1 Å². The summed E-state index contributed by atoms with van der Waals surface area (Å²) in [7, 11) is 1.57. The van der Waals surface area contributed by atoms with E-state index < -0.39 is 5.92 Å². The Bertz CT molecular complexity index is 1070. The summed E-state index contributed by atoms with van der Waals surface area (Å²) in [5.41, 5.74) is 0.591. The Labute approximate surface area is 205 Å². The van der Waals surface area contributed by atoms with Crippen LogP contribution >= 0.6 is 0 Å². The molecular weight excluding hydrogens is 454 g/mol. The second kappa shape index (κ2) is 10.9. The van der Waals surface area contributed by atoms with Gasteiger partial charge in [0.1, 0.15) is 11.9 Å². The number of halogens is 2. The van der Waals surface area contributed by atoms with E-state index in [0.29, 0.717) is 55.0 Å². The van der Waals surface area contributed by atoms with E-state index in [2.05, 4.69) is 34.0 Å². The summed E-state index contributed by atoms with van der Waals surface area (Å²) in [4.78, 5) is 13.0. The van der Waals surface area contributed by atoms with Gasteiger partial charge in [-0.2, -0.15) is 5.26 Å². The minimum Gasteiger partial charge on any atom is -0.493 e. The number of anilines is 1. The average Bonchev–Trinajstić information content (AvgIpc) is 3.19. The molecule has 0 spiro atoms. The number of alkyl halides is 2. The van der Waals surface area contributed by atoms with Crippen molar-refractivity contribution in [1.82, 2.24) is 19.8 Å². The zero-order valence-corrected chi connectivity index (χ0v) is 20.7. The van der Waals surface area contributed by atoms with Gasteiger partial charge in [0.2, 0.25) is 5.82 Å². The number of nitrogens with zero attached hydrogens (tertiary/aromatic N) is 5. The smallest absolute Gasteiger partial charge is 0.261 e. The predicted molar refractivity (Wildman–Crippen MR) is 130 cm³/mol. The molecule has 1 N–H and O–H groups in total. The molecule has 0 saturated carbocycles. The molecule has 8 nitrogen and oxygen atoms in total.